The number of halogens is 3. The summed E-state index contributed by atoms with van der Waals surface area (Å²) in [7, 11) is 0. The molecule has 2 aliphatic rings. The summed E-state index contributed by atoms with van der Waals surface area (Å²) in [5.74, 6) is -0.407. The van der Waals surface area contributed by atoms with Crippen molar-refractivity contribution in [1.82, 2.24) is 5.32 Å². The van der Waals surface area contributed by atoms with Gasteiger partial charge in [0.05, 0.1) is 5.92 Å². The van der Waals surface area contributed by atoms with E-state index in [9.17, 15) is 13.2 Å². The van der Waals surface area contributed by atoms with Crippen molar-refractivity contribution in [3.8, 4) is 0 Å². The van der Waals surface area contributed by atoms with Crippen LogP contribution in [0.2, 0.25) is 0 Å². The molecule has 1 nitrogen and oxygen atoms in total. The van der Waals surface area contributed by atoms with E-state index in [1.165, 1.54) is 25.7 Å². The van der Waals surface area contributed by atoms with E-state index in [2.05, 4.69) is 12.2 Å². The van der Waals surface area contributed by atoms with E-state index < -0.39 is 12.1 Å². The van der Waals surface area contributed by atoms with Gasteiger partial charge in [0.2, 0.25) is 0 Å². The fourth-order valence-corrected chi connectivity index (χ4v) is 3.60. The van der Waals surface area contributed by atoms with E-state index in [-0.39, 0.29) is 12.5 Å². The largest absolute Gasteiger partial charge is 0.391 e. The zero-order valence-electron chi connectivity index (χ0n) is 11.1. The Morgan fingerprint density at radius 1 is 1.00 bits per heavy atom. The molecule has 2 unspecified atom stereocenters. The summed E-state index contributed by atoms with van der Waals surface area (Å²) in [6.07, 6.45) is 3.26. The molecule has 3 atom stereocenters. The van der Waals surface area contributed by atoms with Gasteiger partial charge in [0.15, 0.2) is 0 Å². The standard InChI is InChI=1S/C14H24F3N/c1-10(11-5-2-3-6-11)18-13-8-4-7-12(9-13)14(15,16)17/h10-13,18H,2-9H2,1H3/t10-,12?,13?/m1/s1. The predicted molar refractivity (Wildman–Crippen MR) is 66.4 cm³/mol. The first-order valence-electron chi connectivity index (χ1n) is 7.29. The second-order valence-electron chi connectivity index (χ2n) is 6.10. The summed E-state index contributed by atoms with van der Waals surface area (Å²) < 4.78 is 38.2. The van der Waals surface area contributed by atoms with Crippen molar-refractivity contribution in [2.75, 3.05) is 0 Å². The molecule has 18 heavy (non-hydrogen) atoms. The summed E-state index contributed by atoms with van der Waals surface area (Å²) in [5, 5.41) is 3.46. The molecule has 2 aliphatic carbocycles. The molecule has 0 aromatic rings. The molecule has 0 aliphatic heterocycles. The van der Waals surface area contributed by atoms with E-state index in [0.717, 1.165) is 6.42 Å². The second-order valence-corrected chi connectivity index (χ2v) is 6.10. The molecule has 0 spiro atoms. The van der Waals surface area contributed by atoms with Crippen LogP contribution >= 0.6 is 0 Å². The average Bonchev–Trinajstić information content (AvgIpc) is 2.81. The Bertz CT molecular complexity index is 258. The molecular weight excluding hydrogens is 239 g/mol. The van der Waals surface area contributed by atoms with Crippen LogP contribution in [0.3, 0.4) is 0 Å². The van der Waals surface area contributed by atoms with Crippen LogP contribution in [0.25, 0.3) is 0 Å². The van der Waals surface area contributed by atoms with Crippen LogP contribution < -0.4 is 5.32 Å². The SMILES string of the molecule is C[C@@H](NC1CCCC(C(F)(F)F)C1)C1CCCC1. The minimum absolute atomic E-state index is 0.0703. The normalized spacial score (nSPS) is 32.7. The highest BCUT2D eigenvalue weighted by atomic mass is 19.4. The molecule has 0 aromatic carbocycles. The second kappa shape index (κ2) is 5.81. The van der Waals surface area contributed by atoms with Crippen molar-refractivity contribution in [3.05, 3.63) is 0 Å². The Kier molecular flexibility index (Phi) is 4.57. The third kappa shape index (κ3) is 3.62. The van der Waals surface area contributed by atoms with E-state index in [1.807, 2.05) is 0 Å². The highest BCUT2D eigenvalue weighted by Gasteiger charge is 2.42. The van der Waals surface area contributed by atoms with Gasteiger partial charge in [0.25, 0.3) is 0 Å². The molecule has 2 saturated carbocycles. The molecule has 0 radical (unpaired) electrons. The molecule has 0 aromatic heterocycles. The maximum Gasteiger partial charge on any atom is 0.391 e. The summed E-state index contributed by atoms with van der Waals surface area (Å²) in [6.45, 7) is 2.15. The van der Waals surface area contributed by atoms with Crippen LogP contribution in [0, 0.1) is 11.8 Å². The van der Waals surface area contributed by atoms with E-state index in [1.54, 1.807) is 0 Å². The summed E-state index contributed by atoms with van der Waals surface area (Å²) in [4.78, 5) is 0. The summed E-state index contributed by atoms with van der Waals surface area (Å²) in [6, 6.07) is 0.449. The zero-order valence-corrected chi connectivity index (χ0v) is 11.1. The molecule has 0 bridgehead atoms. The lowest BCUT2D eigenvalue weighted by atomic mass is 9.84. The molecule has 0 heterocycles. The summed E-state index contributed by atoms with van der Waals surface area (Å²) >= 11 is 0. The predicted octanol–water partition coefficient (Wildman–Crippen LogP) is 4.28. The van der Waals surface area contributed by atoms with Gasteiger partial charge in [-0.3, -0.25) is 0 Å². The lowest BCUT2D eigenvalue weighted by Gasteiger charge is -2.34. The highest BCUT2D eigenvalue weighted by molar-refractivity contribution is 4.86. The zero-order chi connectivity index (χ0) is 13.2. The van der Waals surface area contributed by atoms with Gasteiger partial charge in [-0.15, -0.1) is 0 Å². The molecule has 1 N–H and O–H groups in total. The van der Waals surface area contributed by atoms with Crippen molar-refractivity contribution >= 4 is 0 Å². The van der Waals surface area contributed by atoms with Crippen LogP contribution in [0.15, 0.2) is 0 Å². The van der Waals surface area contributed by atoms with Crippen molar-refractivity contribution in [2.24, 2.45) is 11.8 Å². The van der Waals surface area contributed by atoms with Crippen LogP contribution in [-0.4, -0.2) is 18.3 Å². The molecule has 2 fully saturated rings. The minimum Gasteiger partial charge on any atom is -0.311 e. The Labute approximate surface area is 108 Å². The molecule has 106 valence electrons. The maximum atomic E-state index is 12.7. The number of rotatable bonds is 3. The first kappa shape index (κ1) is 14.2. The van der Waals surface area contributed by atoms with Crippen LogP contribution in [0.4, 0.5) is 13.2 Å². The van der Waals surface area contributed by atoms with Gasteiger partial charge < -0.3 is 5.32 Å². The maximum absolute atomic E-state index is 12.7. The Balaban J connectivity index is 1.81. The topological polar surface area (TPSA) is 12.0 Å². The van der Waals surface area contributed by atoms with Crippen molar-refractivity contribution in [1.29, 1.82) is 0 Å². The van der Waals surface area contributed by atoms with Crippen molar-refractivity contribution in [3.63, 3.8) is 0 Å². The third-order valence-electron chi connectivity index (χ3n) is 4.74. The number of hydrogen-bond acceptors (Lipinski definition) is 1. The fraction of sp³-hybridized carbons (Fsp3) is 1.00. The van der Waals surface area contributed by atoms with Gasteiger partial charge in [-0.05, 0) is 44.9 Å². The lowest BCUT2D eigenvalue weighted by Crippen LogP contribution is -2.44. The van der Waals surface area contributed by atoms with Gasteiger partial charge in [-0.1, -0.05) is 19.3 Å². The van der Waals surface area contributed by atoms with E-state index in [4.69, 9.17) is 0 Å². The van der Waals surface area contributed by atoms with Gasteiger partial charge in [-0.2, -0.15) is 13.2 Å². The Morgan fingerprint density at radius 3 is 2.28 bits per heavy atom. The molecule has 0 amide bonds. The lowest BCUT2D eigenvalue weighted by molar-refractivity contribution is -0.183. The first-order chi connectivity index (χ1) is 8.47. The van der Waals surface area contributed by atoms with Gasteiger partial charge in [-0.25, -0.2) is 0 Å². The van der Waals surface area contributed by atoms with Gasteiger partial charge >= 0.3 is 6.18 Å². The van der Waals surface area contributed by atoms with Crippen LogP contribution in [0.5, 0.6) is 0 Å². The quantitative estimate of drug-likeness (QED) is 0.801. The number of nitrogens with one attached hydrogen (secondary N) is 1. The Morgan fingerprint density at radius 2 is 1.67 bits per heavy atom. The van der Waals surface area contributed by atoms with Crippen molar-refractivity contribution < 1.29 is 13.2 Å². The molecule has 2 rings (SSSR count). The third-order valence-corrected chi connectivity index (χ3v) is 4.74. The fourth-order valence-electron chi connectivity index (χ4n) is 3.60. The average molecular weight is 263 g/mol. The Hall–Kier alpha value is -0.250. The molecular formula is C14H24F3N. The number of alkyl halides is 3. The van der Waals surface area contributed by atoms with E-state index in [0.29, 0.717) is 24.8 Å². The van der Waals surface area contributed by atoms with Gasteiger partial charge in [0.1, 0.15) is 0 Å². The van der Waals surface area contributed by atoms with Crippen molar-refractivity contribution in [2.45, 2.75) is 76.6 Å². The highest BCUT2D eigenvalue weighted by Crippen LogP contribution is 2.38. The monoisotopic (exact) mass is 263 g/mol. The first-order valence-corrected chi connectivity index (χ1v) is 7.29. The van der Waals surface area contributed by atoms with Crippen LogP contribution in [0.1, 0.15) is 58.3 Å². The molecule has 4 heteroatoms. The van der Waals surface area contributed by atoms with Gasteiger partial charge in [0, 0.05) is 12.1 Å². The smallest absolute Gasteiger partial charge is 0.311 e. The number of hydrogen-bond donors (Lipinski definition) is 1. The summed E-state index contributed by atoms with van der Waals surface area (Å²) in [5.41, 5.74) is 0. The minimum atomic E-state index is -4.00. The van der Waals surface area contributed by atoms with E-state index >= 15 is 0 Å². The molecule has 0 saturated heterocycles. The van der Waals surface area contributed by atoms with Crippen LogP contribution in [-0.2, 0) is 0 Å².